The van der Waals surface area contributed by atoms with Crippen LogP contribution in [0, 0.1) is 0 Å². The SMILES string of the molecule is C=C(C[P+](CCCC)(CCCC)CCCCC)c1ccccc1.[Br-]. The summed E-state index contributed by atoms with van der Waals surface area (Å²) in [4.78, 5) is 0. The van der Waals surface area contributed by atoms with Crippen molar-refractivity contribution in [1.82, 2.24) is 0 Å². The first-order valence-corrected chi connectivity index (χ1v) is 12.3. The minimum atomic E-state index is -0.880. The first kappa shape index (κ1) is 23.9. The second kappa shape index (κ2) is 14.1. The molecular formula is C22H38BrP. The average molecular weight is 413 g/mol. The maximum Gasteiger partial charge on any atom is 0.0842 e. The second-order valence-electron chi connectivity index (χ2n) is 7.05. The molecule has 0 aliphatic rings. The van der Waals surface area contributed by atoms with E-state index in [1.807, 2.05) is 0 Å². The zero-order chi connectivity index (χ0) is 17.0. The van der Waals surface area contributed by atoms with Gasteiger partial charge in [0.25, 0.3) is 0 Å². The van der Waals surface area contributed by atoms with Crippen LogP contribution in [-0.4, -0.2) is 24.6 Å². The Morgan fingerprint density at radius 2 is 1.29 bits per heavy atom. The fourth-order valence-corrected chi connectivity index (χ4v) is 8.43. The van der Waals surface area contributed by atoms with Gasteiger partial charge in [0, 0.05) is 7.26 Å². The molecule has 0 nitrogen and oxygen atoms in total. The van der Waals surface area contributed by atoms with E-state index in [1.165, 1.54) is 80.7 Å². The molecule has 0 heterocycles. The topological polar surface area (TPSA) is 0 Å². The van der Waals surface area contributed by atoms with Crippen LogP contribution in [0.5, 0.6) is 0 Å². The summed E-state index contributed by atoms with van der Waals surface area (Å²) in [6.45, 7) is 11.5. The number of rotatable bonds is 13. The van der Waals surface area contributed by atoms with Crippen LogP contribution in [-0.2, 0) is 0 Å². The average Bonchev–Trinajstić information content (AvgIpc) is 2.59. The predicted octanol–water partition coefficient (Wildman–Crippen LogP) is 4.51. The van der Waals surface area contributed by atoms with Crippen LogP contribution >= 0.6 is 7.26 Å². The van der Waals surface area contributed by atoms with Crippen molar-refractivity contribution >= 4 is 12.8 Å². The molecule has 138 valence electrons. The highest BCUT2D eigenvalue weighted by atomic mass is 79.9. The van der Waals surface area contributed by atoms with Gasteiger partial charge in [-0.2, -0.15) is 0 Å². The summed E-state index contributed by atoms with van der Waals surface area (Å²) < 4.78 is 0. The Morgan fingerprint density at radius 1 is 0.792 bits per heavy atom. The molecular weight excluding hydrogens is 375 g/mol. The van der Waals surface area contributed by atoms with Gasteiger partial charge in [-0.05, 0) is 30.4 Å². The lowest BCUT2D eigenvalue weighted by Gasteiger charge is -2.29. The molecule has 0 amide bonds. The number of unbranched alkanes of at least 4 members (excludes halogenated alkanes) is 4. The highest BCUT2D eigenvalue weighted by Gasteiger charge is 2.36. The largest absolute Gasteiger partial charge is 1.00 e. The second-order valence-corrected chi connectivity index (χ2v) is 11.4. The van der Waals surface area contributed by atoms with Crippen molar-refractivity contribution < 1.29 is 17.0 Å². The fourth-order valence-electron chi connectivity index (χ4n) is 3.43. The normalized spacial score (nSPS) is 11.1. The number of hydrogen-bond donors (Lipinski definition) is 0. The van der Waals surface area contributed by atoms with Crippen LogP contribution in [0.4, 0.5) is 0 Å². The van der Waals surface area contributed by atoms with E-state index in [2.05, 4.69) is 57.7 Å². The summed E-state index contributed by atoms with van der Waals surface area (Å²) in [5.74, 6) is 0. The molecule has 0 aliphatic carbocycles. The van der Waals surface area contributed by atoms with Gasteiger partial charge in [0.1, 0.15) is 0 Å². The number of hydrogen-bond acceptors (Lipinski definition) is 0. The monoisotopic (exact) mass is 412 g/mol. The highest BCUT2D eigenvalue weighted by Crippen LogP contribution is 2.62. The lowest BCUT2D eigenvalue weighted by molar-refractivity contribution is -0.00000510. The summed E-state index contributed by atoms with van der Waals surface area (Å²) in [7, 11) is -0.880. The molecule has 0 saturated carbocycles. The molecule has 1 aromatic rings. The minimum Gasteiger partial charge on any atom is -1.00 e. The van der Waals surface area contributed by atoms with Gasteiger partial charge in [0.2, 0.25) is 0 Å². The molecule has 0 aromatic heterocycles. The Bertz CT molecular complexity index is 419. The quantitative estimate of drug-likeness (QED) is 0.330. The molecule has 1 rings (SSSR count). The van der Waals surface area contributed by atoms with E-state index in [0.717, 1.165) is 0 Å². The number of allylic oxidation sites excluding steroid dienone is 1. The van der Waals surface area contributed by atoms with Gasteiger partial charge in [0.05, 0.1) is 24.6 Å². The van der Waals surface area contributed by atoms with E-state index in [9.17, 15) is 0 Å². The maximum atomic E-state index is 4.48. The van der Waals surface area contributed by atoms with E-state index in [4.69, 9.17) is 0 Å². The molecule has 24 heavy (non-hydrogen) atoms. The molecule has 2 heteroatoms. The van der Waals surface area contributed by atoms with Crippen molar-refractivity contribution in [2.24, 2.45) is 0 Å². The molecule has 0 saturated heterocycles. The lowest BCUT2D eigenvalue weighted by Crippen LogP contribution is -3.00. The van der Waals surface area contributed by atoms with Gasteiger partial charge < -0.3 is 17.0 Å². The van der Waals surface area contributed by atoms with Crippen LogP contribution in [0.2, 0.25) is 0 Å². The standard InChI is InChI=1S/C22H38P.BrH/c1-5-8-14-19-23(17-9-6-2,18-10-7-3)20-21(4)22-15-12-11-13-16-22;/h11-13,15-16H,4-10,14,17-20H2,1-3H3;1H/q+1;/p-1. The van der Waals surface area contributed by atoms with Crippen molar-refractivity contribution in [3.8, 4) is 0 Å². The molecule has 0 atom stereocenters. The molecule has 0 bridgehead atoms. The van der Waals surface area contributed by atoms with Crippen molar-refractivity contribution in [2.75, 3.05) is 24.6 Å². The van der Waals surface area contributed by atoms with E-state index in [-0.39, 0.29) is 17.0 Å². The first-order valence-electron chi connectivity index (χ1n) is 9.75. The van der Waals surface area contributed by atoms with Gasteiger partial charge in [-0.25, -0.2) is 0 Å². The third-order valence-electron chi connectivity index (χ3n) is 4.92. The van der Waals surface area contributed by atoms with Crippen LogP contribution in [0.1, 0.15) is 71.3 Å². The van der Waals surface area contributed by atoms with Gasteiger partial charge in [-0.15, -0.1) is 0 Å². The smallest absolute Gasteiger partial charge is 0.0842 e. The minimum absolute atomic E-state index is 0. The Labute approximate surface area is 162 Å². The summed E-state index contributed by atoms with van der Waals surface area (Å²) in [5.41, 5.74) is 2.75. The number of halogens is 1. The zero-order valence-corrected chi connectivity index (χ0v) is 18.7. The van der Waals surface area contributed by atoms with Gasteiger partial charge >= 0.3 is 0 Å². The lowest BCUT2D eigenvalue weighted by atomic mass is 10.1. The molecule has 0 radical (unpaired) electrons. The summed E-state index contributed by atoms with van der Waals surface area (Å²) in [6, 6.07) is 10.9. The van der Waals surface area contributed by atoms with Crippen LogP contribution in [0.25, 0.3) is 5.57 Å². The first-order chi connectivity index (χ1) is 11.2. The molecule has 0 fully saturated rings. The molecule has 0 spiro atoms. The Balaban J connectivity index is 0.00000529. The van der Waals surface area contributed by atoms with E-state index < -0.39 is 7.26 Å². The third kappa shape index (κ3) is 8.82. The zero-order valence-electron chi connectivity index (χ0n) is 16.2. The van der Waals surface area contributed by atoms with Crippen molar-refractivity contribution in [3.63, 3.8) is 0 Å². The predicted molar refractivity (Wildman–Crippen MR) is 111 cm³/mol. The summed E-state index contributed by atoms with van der Waals surface area (Å²) >= 11 is 0. The van der Waals surface area contributed by atoms with Crippen LogP contribution in [0.15, 0.2) is 36.9 Å². The molecule has 0 aliphatic heterocycles. The molecule has 0 N–H and O–H groups in total. The van der Waals surface area contributed by atoms with Gasteiger partial charge in [-0.3, -0.25) is 0 Å². The van der Waals surface area contributed by atoms with Crippen molar-refractivity contribution in [2.45, 2.75) is 65.7 Å². The van der Waals surface area contributed by atoms with Crippen LogP contribution in [0.3, 0.4) is 0 Å². The van der Waals surface area contributed by atoms with E-state index in [1.54, 1.807) is 0 Å². The highest BCUT2D eigenvalue weighted by molar-refractivity contribution is 7.76. The van der Waals surface area contributed by atoms with Crippen molar-refractivity contribution in [3.05, 3.63) is 42.5 Å². The molecule has 0 unspecified atom stereocenters. The fraction of sp³-hybridized carbons (Fsp3) is 0.636. The Morgan fingerprint density at radius 3 is 1.79 bits per heavy atom. The maximum absolute atomic E-state index is 4.48. The van der Waals surface area contributed by atoms with Crippen LogP contribution < -0.4 is 17.0 Å². The van der Waals surface area contributed by atoms with Gasteiger partial charge in [0.15, 0.2) is 0 Å². The van der Waals surface area contributed by atoms with Crippen molar-refractivity contribution in [1.29, 1.82) is 0 Å². The number of benzene rings is 1. The van der Waals surface area contributed by atoms with E-state index in [0.29, 0.717) is 0 Å². The third-order valence-corrected chi connectivity index (χ3v) is 9.76. The van der Waals surface area contributed by atoms with E-state index >= 15 is 0 Å². The summed E-state index contributed by atoms with van der Waals surface area (Å²) in [5, 5.41) is 0. The Hall–Kier alpha value is -0.130. The summed E-state index contributed by atoms with van der Waals surface area (Å²) in [6.07, 6.45) is 15.4. The molecule has 1 aromatic carbocycles. The van der Waals surface area contributed by atoms with Gasteiger partial charge in [-0.1, -0.05) is 83.4 Å². The Kier molecular flexibility index (Phi) is 14.0.